The van der Waals surface area contributed by atoms with E-state index in [0.717, 1.165) is 55.8 Å². The van der Waals surface area contributed by atoms with Crippen molar-refractivity contribution in [2.24, 2.45) is 5.92 Å². The molecule has 2 aromatic rings. The van der Waals surface area contributed by atoms with Crippen LogP contribution in [0.4, 0.5) is 0 Å². The maximum absolute atomic E-state index is 11.2. The Morgan fingerprint density at radius 3 is 2.81 bits per heavy atom. The number of hydroxylamine groups is 1. The Morgan fingerprint density at radius 2 is 2.19 bits per heavy atom. The largest absolute Gasteiger partial charge is 0.302 e. The Bertz CT molecular complexity index is 780. The number of pyridine rings is 1. The summed E-state index contributed by atoms with van der Waals surface area (Å²) in [6.45, 7) is 11.8. The lowest BCUT2D eigenvalue weighted by molar-refractivity contribution is -0.124. The molecule has 2 rings (SSSR count). The Morgan fingerprint density at radius 1 is 1.41 bits per heavy atom. The van der Waals surface area contributed by atoms with Crippen molar-refractivity contribution in [2.45, 2.75) is 53.5 Å². The van der Waals surface area contributed by atoms with Crippen LogP contribution < -0.4 is 5.48 Å². The molecular formula is C21H32N4O2. The molecule has 0 aliphatic carbocycles. The fourth-order valence-electron chi connectivity index (χ4n) is 3.22. The number of carbonyl (C=O) groups excluding carboxylic acids is 1. The van der Waals surface area contributed by atoms with Crippen LogP contribution in [0.25, 0.3) is 11.7 Å². The lowest BCUT2D eigenvalue weighted by Gasteiger charge is -2.23. The smallest absolute Gasteiger partial charge is 0.267 e. The second kappa shape index (κ2) is 10.2. The zero-order valence-corrected chi connectivity index (χ0v) is 16.9. The summed E-state index contributed by atoms with van der Waals surface area (Å²) in [5.74, 6) is 0.0763. The van der Waals surface area contributed by atoms with Gasteiger partial charge in [-0.3, -0.25) is 14.9 Å². The zero-order valence-electron chi connectivity index (χ0n) is 16.9. The summed E-state index contributed by atoms with van der Waals surface area (Å²) in [5, 5.41) is 8.60. The molecule has 0 fully saturated rings. The number of nitrogens with one attached hydrogen (secondary N) is 1. The molecule has 0 bridgehead atoms. The first-order valence-corrected chi connectivity index (χ1v) is 9.82. The molecule has 0 saturated heterocycles. The highest BCUT2D eigenvalue weighted by Crippen LogP contribution is 2.19. The van der Waals surface area contributed by atoms with Crippen LogP contribution in [0.2, 0.25) is 0 Å². The number of rotatable bonds is 10. The molecule has 2 N–H and O–H groups in total. The van der Waals surface area contributed by atoms with Crippen LogP contribution in [-0.4, -0.2) is 38.5 Å². The average molecular weight is 373 g/mol. The maximum Gasteiger partial charge on any atom is 0.267 e. The van der Waals surface area contributed by atoms with Crippen molar-refractivity contribution < 1.29 is 10.0 Å². The van der Waals surface area contributed by atoms with Crippen molar-refractivity contribution in [1.29, 1.82) is 0 Å². The Kier molecular flexibility index (Phi) is 8.00. The number of unbranched alkanes of at least 4 members (excludes halogenated alkanes) is 1. The summed E-state index contributed by atoms with van der Waals surface area (Å²) in [5.41, 5.74) is 5.78. The molecule has 0 spiro atoms. The highest BCUT2D eigenvalue weighted by Gasteiger charge is 2.15. The molecule has 27 heavy (non-hydrogen) atoms. The molecule has 148 valence electrons. The summed E-state index contributed by atoms with van der Waals surface area (Å²) in [4.78, 5) is 18.5. The van der Waals surface area contributed by atoms with Crippen molar-refractivity contribution in [1.82, 2.24) is 19.8 Å². The van der Waals surface area contributed by atoms with Crippen LogP contribution in [0.5, 0.6) is 0 Å². The highest BCUT2D eigenvalue weighted by molar-refractivity contribution is 5.90. The van der Waals surface area contributed by atoms with Crippen LogP contribution in [0.15, 0.2) is 24.4 Å². The minimum Gasteiger partial charge on any atom is -0.302 e. The summed E-state index contributed by atoms with van der Waals surface area (Å²) in [6.07, 6.45) is 8.23. The number of imidazole rings is 1. The number of fused-ring (bicyclic) bond motifs is 1. The van der Waals surface area contributed by atoms with Crippen molar-refractivity contribution >= 4 is 17.6 Å². The summed E-state index contributed by atoms with van der Waals surface area (Å²) >= 11 is 0. The number of hydrogen-bond acceptors (Lipinski definition) is 4. The zero-order chi connectivity index (χ0) is 19.8. The number of carbonyl (C=O) groups is 1. The molecule has 0 aliphatic heterocycles. The Labute approximate surface area is 161 Å². The summed E-state index contributed by atoms with van der Waals surface area (Å²) in [7, 11) is 0. The third kappa shape index (κ3) is 5.91. The molecule has 0 radical (unpaired) electrons. The number of hydrogen-bond donors (Lipinski definition) is 2. The van der Waals surface area contributed by atoms with Gasteiger partial charge in [-0.15, -0.1) is 0 Å². The normalized spacial score (nSPS) is 12.0. The lowest BCUT2D eigenvalue weighted by Crippen LogP contribution is -2.28. The highest BCUT2D eigenvalue weighted by atomic mass is 16.5. The molecule has 0 atom stereocenters. The van der Waals surface area contributed by atoms with Gasteiger partial charge in [0, 0.05) is 25.4 Å². The first-order chi connectivity index (χ1) is 13.0. The van der Waals surface area contributed by atoms with Gasteiger partial charge in [-0.1, -0.05) is 34.1 Å². The number of aromatic nitrogens is 2. The minimum atomic E-state index is -0.546. The van der Waals surface area contributed by atoms with E-state index >= 15 is 0 Å². The lowest BCUT2D eigenvalue weighted by atomic mass is 10.1. The number of amides is 1. The quantitative estimate of drug-likeness (QED) is 0.379. The van der Waals surface area contributed by atoms with Gasteiger partial charge in [0.25, 0.3) is 5.91 Å². The van der Waals surface area contributed by atoms with E-state index < -0.39 is 5.91 Å². The van der Waals surface area contributed by atoms with Gasteiger partial charge >= 0.3 is 0 Å². The van der Waals surface area contributed by atoms with Crippen LogP contribution in [0.1, 0.15) is 57.5 Å². The second-order valence-electron chi connectivity index (χ2n) is 7.33. The van der Waals surface area contributed by atoms with E-state index in [1.807, 2.05) is 18.3 Å². The van der Waals surface area contributed by atoms with Crippen LogP contribution >= 0.6 is 0 Å². The van der Waals surface area contributed by atoms with Crippen molar-refractivity contribution in [3.63, 3.8) is 0 Å². The Balaban J connectivity index is 2.37. The predicted molar refractivity (Wildman–Crippen MR) is 109 cm³/mol. The topological polar surface area (TPSA) is 69.9 Å². The Hall–Kier alpha value is -2.18. The van der Waals surface area contributed by atoms with Crippen LogP contribution in [0.3, 0.4) is 0 Å². The monoisotopic (exact) mass is 372 g/mol. The standard InChI is InChI=1S/C21H32N4O2/c1-5-7-8-18-19(15-24(6-2)14-16(3)4)25-12-11-17(13-20(25)22-18)9-10-21(26)23-27/h9-13,16,27H,5-8,14-15H2,1-4H3,(H,23,26)/b10-9+. The summed E-state index contributed by atoms with van der Waals surface area (Å²) in [6, 6.07) is 3.93. The molecule has 6 heteroatoms. The van der Waals surface area contributed by atoms with E-state index in [0.29, 0.717) is 5.92 Å². The predicted octanol–water partition coefficient (Wildman–Crippen LogP) is 3.67. The molecule has 0 unspecified atom stereocenters. The second-order valence-corrected chi connectivity index (χ2v) is 7.33. The van der Waals surface area contributed by atoms with Gasteiger partial charge in [0.2, 0.25) is 0 Å². The first-order valence-electron chi connectivity index (χ1n) is 9.82. The van der Waals surface area contributed by atoms with Gasteiger partial charge in [-0.2, -0.15) is 0 Å². The van der Waals surface area contributed by atoms with E-state index in [2.05, 4.69) is 37.0 Å². The first kappa shape index (κ1) is 21.1. The van der Waals surface area contributed by atoms with Gasteiger partial charge in [-0.05, 0) is 49.1 Å². The van der Waals surface area contributed by atoms with Gasteiger partial charge in [0.15, 0.2) is 0 Å². The minimum absolute atomic E-state index is 0.546. The number of nitrogens with zero attached hydrogens (tertiary/aromatic N) is 3. The SMILES string of the molecule is CCCCc1nc2cc(/C=C/C(=O)NO)ccn2c1CN(CC)CC(C)C. The van der Waals surface area contributed by atoms with Gasteiger partial charge in [0.05, 0.1) is 11.4 Å². The van der Waals surface area contributed by atoms with Gasteiger partial charge < -0.3 is 4.40 Å². The molecule has 6 nitrogen and oxygen atoms in total. The van der Waals surface area contributed by atoms with Crippen LogP contribution in [0, 0.1) is 5.92 Å². The van der Waals surface area contributed by atoms with E-state index in [9.17, 15) is 4.79 Å². The third-order valence-corrected chi connectivity index (χ3v) is 4.58. The fraction of sp³-hybridized carbons (Fsp3) is 0.524. The van der Waals surface area contributed by atoms with Gasteiger partial charge in [-0.25, -0.2) is 10.5 Å². The maximum atomic E-state index is 11.2. The van der Waals surface area contributed by atoms with E-state index in [4.69, 9.17) is 10.2 Å². The van der Waals surface area contributed by atoms with E-state index in [-0.39, 0.29) is 0 Å². The third-order valence-electron chi connectivity index (χ3n) is 4.58. The fourth-order valence-corrected chi connectivity index (χ4v) is 3.22. The average Bonchev–Trinajstić information content (AvgIpc) is 2.99. The number of aryl methyl sites for hydroxylation is 1. The van der Waals surface area contributed by atoms with Crippen molar-refractivity contribution in [3.05, 3.63) is 41.4 Å². The molecule has 1 amide bonds. The molecule has 0 aromatic carbocycles. The van der Waals surface area contributed by atoms with E-state index in [1.54, 1.807) is 11.6 Å². The molecule has 0 aliphatic rings. The van der Waals surface area contributed by atoms with Crippen molar-refractivity contribution in [3.8, 4) is 0 Å². The van der Waals surface area contributed by atoms with Crippen LogP contribution in [-0.2, 0) is 17.8 Å². The summed E-state index contributed by atoms with van der Waals surface area (Å²) < 4.78 is 2.16. The van der Waals surface area contributed by atoms with Crippen molar-refractivity contribution in [2.75, 3.05) is 13.1 Å². The van der Waals surface area contributed by atoms with Gasteiger partial charge in [0.1, 0.15) is 5.65 Å². The molecule has 0 saturated carbocycles. The molecule has 2 heterocycles. The molecule has 2 aromatic heterocycles. The van der Waals surface area contributed by atoms with E-state index in [1.165, 1.54) is 11.8 Å². The molecular weight excluding hydrogens is 340 g/mol.